The molecule has 0 spiro atoms. The molecule has 2 aromatic rings. The molecule has 0 atom stereocenters. The summed E-state index contributed by atoms with van der Waals surface area (Å²) in [6.45, 7) is 0.765. The van der Waals surface area contributed by atoms with E-state index in [-0.39, 0.29) is 22.9 Å². The van der Waals surface area contributed by atoms with E-state index in [1.54, 1.807) is 12.1 Å². The van der Waals surface area contributed by atoms with Crippen LogP contribution in [0, 0.1) is 17.1 Å². The second kappa shape index (κ2) is 7.49. The largest absolute Gasteiger partial charge is 0.510 e. The van der Waals surface area contributed by atoms with E-state index < -0.39 is 0 Å². The number of rotatable bonds is 4. The van der Waals surface area contributed by atoms with Crippen molar-refractivity contribution in [2.24, 2.45) is 0 Å². The highest BCUT2D eigenvalue weighted by molar-refractivity contribution is 7.99. The lowest BCUT2D eigenvalue weighted by atomic mass is 10.2. The number of thioether (sulfide) groups is 1. The van der Waals surface area contributed by atoms with Crippen LogP contribution in [-0.2, 0) is 13.0 Å². The molecule has 1 aliphatic rings. The zero-order valence-corrected chi connectivity index (χ0v) is 13.9. The third kappa shape index (κ3) is 3.60. The summed E-state index contributed by atoms with van der Waals surface area (Å²) < 4.78 is 14.9. The van der Waals surface area contributed by atoms with Gasteiger partial charge in [-0.05, 0) is 37.1 Å². The number of allylic oxidation sites excluding steroid dienone is 1. The molecular weight excluding hydrogens is 327 g/mol. The summed E-state index contributed by atoms with van der Waals surface area (Å²) in [6, 6.07) is 8.07. The van der Waals surface area contributed by atoms with Gasteiger partial charge in [-0.25, -0.2) is 4.39 Å². The van der Waals surface area contributed by atoms with Crippen molar-refractivity contribution in [3.8, 4) is 6.07 Å². The Morgan fingerprint density at radius 1 is 1.25 bits per heavy atom. The van der Waals surface area contributed by atoms with E-state index in [1.165, 1.54) is 23.9 Å². The van der Waals surface area contributed by atoms with Crippen molar-refractivity contribution < 1.29 is 9.50 Å². The van der Waals surface area contributed by atoms with Gasteiger partial charge in [0.15, 0.2) is 5.82 Å². The van der Waals surface area contributed by atoms with Gasteiger partial charge in [0.1, 0.15) is 29.0 Å². The number of halogens is 1. The molecule has 24 heavy (non-hydrogen) atoms. The van der Waals surface area contributed by atoms with E-state index in [2.05, 4.69) is 16.3 Å². The third-order valence-corrected chi connectivity index (χ3v) is 4.95. The summed E-state index contributed by atoms with van der Waals surface area (Å²) in [4.78, 5) is 0.820. The van der Waals surface area contributed by atoms with E-state index in [9.17, 15) is 14.8 Å². The number of aliphatic hydroxyl groups excluding tert-OH is 1. The first-order valence-corrected chi connectivity index (χ1v) is 8.80. The molecule has 124 valence electrons. The zero-order chi connectivity index (χ0) is 16.9. The van der Waals surface area contributed by atoms with Crippen LogP contribution in [0.2, 0.25) is 0 Å². The third-order valence-electron chi connectivity index (χ3n) is 3.92. The fourth-order valence-corrected chi connectivity index (χ4v) is 3.44. The highest BCUT2D eigenvalue weighted by Crippen LogP contribution is 2.25. The molecule has 1 aromatic carbocycles. The van der Waals surface area contributed by atoms with Crippen molar-refractivity contribution >= 4 is 17.3 Å². The summed E-state index contributed by atoms with van der Waals surface area (Å²) in [5.41, 5.74) is 0.158. The number of nitrogens with zero attached hydrogens (tertiary/aromatic N) is 4. The smallest absolute Gasteiger partial charge is 0.178 e. The molecule has 0 saturated heterocycles. The summed E-state index contributed by atoms with van der Waals surface area (Å²) in [6.07, 6.45) is 4.05. The van der Waals surface area contributed by atoms with Gasteiger partial charge >= 0.3 is 0 Å². The van der Waals surface area contributed by atoms with Crippen molar-refractivity contribution in [1.29, 1.82) is 5.26 Å². The molecule has 3 rings (SSSR count). The number of fused-ring (bicyclic) bond motifs is 1. The topological polar surface area (TPSA) is 74.7 Å². The molecule has 7 heteroatoms. The number of aryl methyl sites for hydroxylation is 1. The van der Waals surface area contributed by atoms with Gasteiger partial charge in [-0.15, -0.1) is 22.0 Å². The Bertz CT molecular complexity index is 792. The van der Waals surface area contributed by atoms with E-state index in [0.717, 1.165) is 42.9 Å². The minimum atomic E-state index is -0.303. The van der Waals surface area contributed by atoms with Crippen LogP contribution in [0.15, 0.2) is 34.9 Å². The van der Waals surface area contributed by atoms with Crippen LogP contribution >= 0.6 is 11.8 Å². The molecule has 2 heterocycles. The number of hydrogen-bond donors (Lipinski definition) is 1. The van der Waals surface area contributed by atoms with Crippen molar-refractivity contribution in [2.45, 2.75) is 37.1 Å². The number of aromatic nitrogens is 3. The Kier molecular flexibility index (Phi) is 5.16. The summed E-state index contributed by atoms with van der Waals surface area (Å²) in [7, 11) is 0. The van der Waals surface area contributed by atoms with Crippen LogP contribution in [0.4, 0.5) is 4.39 Å². The van der Waals surface area contributed by atoms with E-state index in [1.807, 2.05) is 4.57 Å². The van der Waals surface area contributed by atoms with Crippen LogP contribution in [0.25, 0.3) is 5.57 Å². The maximum absolute atomic E-state index is 12.9. The fourth-order valence-electron chi connectivity index (χ4n) is 2.67. The second-order valence-corrected chi connectivity index (χ2v) is 6.63. The second-order valence-electron chi connectivity index (χ2n) is 5.58. The lowest BCUT2D eigenvalue weighted by Crippen LogP contribution is -2.07. The molecule has 0 aliphatic carbocycles. The molecule has 0 amide bonds. The Labute approximate surface area is 143 Å². The van der Waals surface area contributed by atoms with Gasteiger partial charge in [0, 0.05) is 17.9 Å². The van der Waals surface area contributed by atoms with E-state index in [0.29, 0.717) is 5.82 Å². The minimum absolute atomic E-state index is 0.0359. The Morgan fingerprint density at radius 2 is 2.04 bits per heavy atom. The first-order valence-electron chi connectivity index (χ1n) is 7.82. The van der Waals surface area contributed by atoms with Crippen LogP contribution in [0.1, 0.15) is 30.9 Å². The minimum Gasteiger partial charge on any atom is -0.510 e. The highest BCUT2D eigenvalue weighted by atomic mass is 32.2. The van der Waals surface area contributed by atoms with Gasteiger partial charge in [-0.2, -0.15) is 5.26 Å². The maximum Gasteiger partial charge on any atom is 0.178 e. The van der Waals surface area contributed by atoms with Crippen LogP contribution in [0.5, 0.6) is 0 Å². The van der Waals surface area contributed by atoms with Gasteiger partial charge in [-0.3, -0.25) is 0 Å². The maximum atomic E-state index is 12.9. The normalized spacial score (nSPS) is 15.2. The quantitative estimate of drug-likeness (QED) is 0.520. The Hall–Kier alpha value is -2.33. The Morgan fingerprint density at radius 3 is 2.79 bits per heavy atom. The highest BCUT2D eigenvalue weighted by Gasteiger charge is 2.20. The number of nitriles is 1. The lowest BCUT2D eigenvalue weighted by Gasteiger charge is -2.08. The molecule has 0 fully saturated rings. The SMILES string of the molecule is N#C/C(=C(/O)CSc1ccc(F)cc1)c1nnc2n1CCCCC2. The van der Waals surface area contributed by atoms with Gasteiger partial charge in [0.25, 0.3) is 0 Å². The first-order chi connectivity index (χ1) is 11.7. The van der Waals surface area contributed by atoms with Crippen LogP contribution < -0.4 is 0 Å². The zero-order valence-electron chi connectivity index (χ0n) is 13.1. The van der Waals surface area contributed by atoms with Crippen LogP contribution in [-0.4, -0.2) is 25.6 Å². The summed E-state index contributed by atoms with van der Waals surface area (Å²) in [5.74, 6) is 1.19. The van der Waals surface area contributed by atoms with Crippen molar-refractivity contribution in [3.63, 3.8) is 0 Å². The van der Waals surface area contributed by atoms with E-state index in [4.69, 9.17) is 0 Å². The molecule has 1 aliphatic heterocycles. The lowest BCUT2D eigenvalue weighted by molar-refractivity contribution is 0.420. The standard InChI is InChI=1S/C17H17FN4OS/c18-12-5-7-13(8-6-12)24-11-15(23)14(10-19)17-21-20-16-4-2-1-3-9-22(16)17/h5-8,23H,1-4,9,11H2/b15-14-. The average Bonchev–Trinajstić information content (AvgIpc) is 2.83. The fraction of sp³-hybridized carbons (Fsp3) is 0.353. The van der Waals surface area contributed by atoms with Crippen LogP contribution in [0.3, 0.4) is 0 Å². The van der Waals surface area contributed by atoms with Crippen molar-refractivity contribution in [2.75, 3.05) is 5.75 Å². The van der Waals surface area contributed by atoms with Crippen molar-refractivity contribution in [3.05, 3.63) is 47.5 Å². The molecule has 0 radical (unpaired) electrons. The van der Waals surface area contributed by atoms with Gasteiger partial charge in [0.05, 0.1) is 5.75 Å². The average molecular weight is 344 g/mol. The van der Waals surface area contributed by atoms with Gasteiger partial charge in [0.2, 0.25) is 0 Å². The number of aliphatic hydroxyl groups is 1. The molecular formula is C17H17FN4OS. The van der Waals surface area contributed by atoms with Gasteiger partial charge in [-0.1, -0.05) is 6.42 Å². The predicted octanol–water partition coefficient (Wildman–Crippen LogP) is 3.73. The summed E-state index contributed by atoms with van der Waals surface area (Å²) in [5, 5.41) is 28.1. The first kappa shape index (κ1) is 16.5. The molecule has 1 N–H and O–H groups in total. The Balaban J connectivity index is 1.82. The predicted molar refractivity (Wildman–Crippen MR) is 89.9 cm³/mol. The molecule has 0 bridgehead atoms. The van der Waals surface area contributed by atoms with E-state index >= 15 is 0 Å². The van der Waals surface area contributed by atoms with Crippen molar-refractivity contribution in [1.82, 2.24) is 14.8 Å². The molecule has 0 unspecified atom stereocenters. The molecule has 1 aromatic heterocycles. The molecule has 0 saturated carbocycles. The van der Waals surface area contributed by atoms with Gasteiger partial charge < -0.3 is 9.67 Å². The summed E-state index contributed by atoms with van der Waals surface area (Å²) >= 11 is 1.34. The molecule has 5 nitrogen and oxygen atoms in total. The monoisotopic (exact) mass is 344 g/mol. The number of benzene rings is 1. The number of hydrogen-bond acceptors (Lipinski definition) is 5.